The molecule has 3 nitrogen and oxygen atoms in total. The van der Waals surface area contributed by atoms with E-state index in [1.807, 2.05) is 0 Å². The summed E-state index contributed by atoms with van der Waals surface area (Å²) in [6.45, 7) is 23.7. The van der Waals surface area contributed by atoms with Gasteiger partial charge in [-0.3, -0.25) is 0 Å². The number of hydrogen-bond donors (Lipinski definition) is 1. The summed E-state index contributed by atoms with van der Waals surface area (Å²) in [6.07, 6.45) is 4.93. The molecule has 0 unspecified atom stereocenters. The summed E-state index contributed by atoms with van der Waals surface area (Å²) in [5.41, 5.74) is 14.0. The van der Waals surface area contributed by atoms with Gasteiger partial charge in [0.15, 0.2) is 0 Å². The van der Waals surface area contributed by atoms with Gasteiger partial charge in [-0.15, -0.1) is 0 Å². The Balaban J connectivity index is 1.92. The molecule has 0 fully saturated rings. The zero-order chi connectivity index (χ0) is 29.1. The lowest BCUT2D eigenvalue weighted by molar-refractivity contribution is 0.594. The van der Waals surface area contributed by atoms with Crippen LogP contribution in [0.15, 0.2) is 42.5 Å². The summed E-state index contributed by atoms with van der Waals surface area (Å²) >= 11 is 0. The highest BCUT2D eigenvalue weighted by Gasteiger charge is 2.21. The van der Waals surface area contributed by atoms with Gasteiger partial charge in [0.05, 0.1) is 11.2 Å². The minimum absolute atomic E-state index is 0.419. The third kappa shape index (κ3) is 6.14. The van der Waals surface area contributed by atoms with Gasteiger partial charge in [0.25, 0.3) is 0 Å². The van der Waals surface area contributed by atoms with Crippen molar-refractivity contribution >= 4 is 22.4 Å². The van der Waals surface area contributed by atoms with Crippen LogP contribution in [0.25, 0.3) is 22.4 Å². The van der Waals surface area contributed by atoms with Gasteiger partial charge >= 0.3 is 0 Å². The predicted molar refractivity (Wildman–Crippen MR) is 176 cm³/mol. The fourth-order valence-corrected chi connectivity index (χ4v) is 6.13. The Kier molecular flexibility index (Phi) is 9.44. The van der Waals surface area contributed by atoms with E-state index in [0.29, 0.717) is 17.8 Å². The van der Waals surface area contributed by atoms with E-state index in [9.17, 15) is 0 Å². The van der Waals surface area contributed by atoms with Crippen LogP contribution in [0.3, 0.4) is 0 Å². The molecule has 1 heterocycles. The molecule has 0 saturated heterocycles. The number of rotatable bonds is 11. The summed E-state index contributed by atoms with van der Waals surface area (Å²) in [7, 11) is 0. The molecule has 0 bridgehead atoms. The first kappa shape index (κ1) is 29.9. The second-order valence-corrected chi connectivity index (χ2v) is 12.8. The molecule has 3 heteroatoms. The molecule has 0 spiro atoms. The molecule has 0 aliphatic carbocycles. The Bertz CT molecular complexity index is 1420. The SMILES string of the molecule is CCCCCCn1c(-c2c(C)cc(C)cc2C)nc2c(Nc3c(C(C)C)cc(C(C)C)cc3C(C)C)cccc21. The summed E-state index contributed by atoms with van der Waals surface area (Å²) in [5.74, 6) is 2.43. The van der Waals surface area contributed by atoms with E-state index < -0.39 is 0 Å². The van der Waals surface area contributed by atoms with Crippen LogP contribution in [0.2, 0.25) is 0 Å². The van der Waals surface area contributed by atoms with Crippen molar-refractivity contribution in [3.63, 3.8) is 0 Å². The van der Waals surface area contributed by atoms with Crippen molar-refractivity contribution in [2.24, 2.45) is 0 Å². The lowest BCUT2D eigenvalue weighted by Crippen LogP contribution is -2.06. The van der Waals surface area contributed by atoms with Crippen LogP contribution in [0.1, 0.15) is 125 Å². The van der Waals surface area contributed by atoms with Gasteiger partial charge in [0, 0.05) is 17.8 Å². The Labute approximate surface area is 243 Å². The van der Waals surface area contributed by atoms with E-state index in [4.69, 9.17) is 4.98 Å². The number of aryl methyl sites for hydroxylation is 4. The zero-order valence-electron chi connectivity index (χ0n) is 26.7. The molecule has 4 rings (SSSR count). The van der Waals surface area contributed by atoms with Crippen molar-refractivity contribution in [2.75, 3.05) is 5.32 Å². The maximum absolute atomic E-state index is 5.42. The minimum atomic E-state index is 0.419. The molecular formula is C37H51N3. The van der Waals surface area contributed by atoms with E-state index in [2.05, 4.69) is 122 Å². The third-order valence-corrected chi connectivity index (χ3v) is 8.31. The summed E-state index contributed by atoms with van der Waals surface area (Å²) in [5, 5.41) is 3.94. The van der Waals surface area contributed by atoms with E-state index in [1.54, 1.807) is 0 Å². The van der Waals surface area contributed by atoms with Crippen molar-refractivity contribution in [2.45, 2.75) is 119 Å². The van der Waals surface area contributed by atoms with Crippen LogP contribution in [-0.2, 0) is 6.54 Å². The smallest absolute Gasteiger partial charge is 0.141 e. The van der Waals surface area contributed by atoms with Gasteiger partial charge in [-0.25, -0.2) is 4.98 Å². The van der Waals surface area contributed by atoms with Gasteiger partial charge in [-0.1, -0.05) is 104 Å². The number of nitrogens with one attached hydrogen (secondary N) is 1. The number of unbranched alkanes of at least 4 members (excludes halogenated alkanes) is 3. The molecule has 3 aromatic carbocycles. The quantitative estimate of drug-likeness (QED) is 0.193. The maximum Gasteiger partial charge on any atom is 0.141 e. The van der Waals surface area contributed by atoms with Gasteiger partial charge < -0.3 is 9.88 Å². The highest BCUT2D eigenvalue weighted by Crippen LogP contribution is 2.40. The van der Waals surface area contributed by atoms with Crippen molar-refractivity contribution in [3.05, 3.63) is 75.8 Å². The second kappa shape index (κ2) is 12.6. The molecule has 40 heavy (non-hydrogen) atoms. The minimum Gasteiger partial charge on any atom is -0.353 e. The van der Waals surface area contributed by atoms with E-state index in [-0.39, 0.29) is 0 Å². The van der Waals surface area contributed by atoms with Crippen molar-refractivity contribution in [1.29, 1.82) is 0 Å². The van der Waals surface area contributed by atoms with Gasteiger partial charge in [0.1, 0.15) is 11.3 Å². The monoisotopic (exact) mass is 537 g/mol. The molecule has 4 aromatic rings. The van der Waals surface area contributed by atoms with Crippen LogP contribution >= 0.6 is 0 Å². The first-order chi connectivity index (χ1) is 19.0. The van der Waals surface area contributed by atoms with E-state index in [0.717, 1.165) is 23.6 Å². The first-order valence-corrected chi connectivity index (χ1v) is 15.6. The Morgan fingerprint density at radius 3 is 1.95 bits per heavy atom. The third-order valence-electron chi connectivity index (χ3n) is 8.31. The molecule has 1 N–H and O–H groups in total. The number of nitrogens with zero attached hydrogens (tertiary/aromatic N) is 2. The number of para-hydroxylation sites is 1. The molecule has 0 aliphatic heterocycles. The summed E-state index contributed by atoms with van der Waals surface area (Å²) < 4.78 is 2.48. The highest BCUT2D eigenvalue weighted by molar-refractivity contribution is 5.94. The standard InChI is InChI=1S/C37H51N3/c1-11-12-13-14-18-40-33-17-15-16-32(36(33)39-37(40)34-27(9)19-26(8)20-28(34)10)38-35-30(24(4)5)21-29(23(2)3)22-31(35)25(6)7/h15-17,19-25,38H,11-14,18H2,1-10H3. The van der Waals surface area contributed by atoms with Crippen LogP contribution in [0, 0.1) is 20.8 Å². The number of fused-ring (bicyclic) bond motifs is 1. The topological polar surface area (TPSA) is 29.9 Å². The van der Waals surface area contributed by atoms with E-state index in [1.165, 1.54) is 75.8 Å². The molecule has 0 atom stereocenters. The molecule has 1 aromatic heterocycles. The largest absolute Gasteiger partial charge is 0.353 e. The Morgan fingerprint density at radius 1 is 0.775 bits per heavy atom. The van der Waals surface area contributed by atoms with Crippen LogP contribution < -0.4 is 5.32 Å². The van der Waals surface area contributed by atoms with Crippen LogP contribution in [0.5, 0.6) is 0 Å². The number of imidazole rings is 1. The highest BCUT2D eigenvalue weighted by atomic mass is 15.1. The van der Waals surface area contributed by atoms with E-state index >= 15 is 0 Å². The molecular weight excluding hydrogens is 486 g/mol. The van der Waals surface area contributed by atoms with Crippen molar-refractivity contribution < 1.29 is 0 Å². The van der Waals surface area contributed by atoms with Gasteiger partial charge in [0.2, 0.25) is 0 Å². The summed E-state index contributed by atoms with van der Waals surface area (Å²) in [6, 6.07) is 16.1. The molecule has 0 saturated carbocycles. The Morgan fingerprint density at radius 2 is 1.40 bits per heavy atom. The number of hydrogen-bond acceptors (Lipinski definition) is 2. The Hall–Kier alpha value is -3.07. The molecule has 0 amide bonds. The number of aromatic nitrogens is 2. The molecule has 214 valence electrons. The van der Waals surface area contributed by atoms with Crippen molar-refractivity contribution in [3.8, 4) is 11.4 Å². The number of anilines is 2. The fraction of sp³-hybridized carbons (Fsp3) is 0.486. The zero-order valence-corrected chi connectivity index (χ0v) is 26.7. The van der Waals surface area contributed by atoms with Crippen molar-refractivity contribution in [1.82, 2.24) is 9.55 Å². The van der Waals surface area contributed by atoms with Crippen LogP contribution in [0.4, 0.5) is 11.4 Å². The fourth-order valence-electron chi connectivity index (χ4n) is 6.13. The second-order valence-electron chi connectivity index (χ2n) is 12.8. The maximum atomic E-state index is 5.42. The first-order valence-electron chi connectivity index (χ1n) is 15.6. The lowest BCUT2D eigenvalue weighted by Gasteiger charge is -2.24. The van der Waals surface area contributed by atoms with Gasteiger partial charge in [-0.2, -0.15) is 0 Å². The van der Waals surface area contributed by atoms with Gasteiger partial charge in [-0.05, 0) is 84.9 Å². The lowest BCUT2D eigenvalue weighted by atomic mass is 9.87. The summed E-state index contributed by atoms with van der Waals surface area (Å²) in [4.78, 5) is 5.42. The average Bonchev–Trinajstić information content (AvgIpc) is 3.24. The number of benzene rings is 3. The average molecular weight is 538 g/mol. The van der Waals surface area contributed by atoms with Crippen LogP contribution in [-0.4, -0.2) is 9.55 Å². The predicted octanol–water partition coefficient (Wildman–Crippen LogP) is 11.3. The molecule has 0 aliphatic rings. The normalized spacial score (nSPS) is 11.9. The molecule has 0 radical (unpaired) electrons.